The first-order valence-corrected chi connectivity index (χ1v) is 7.26. The Kier molecular flexibility index (Phi) is 3.16. The number of nitrogen functional groups attached to an aromatic ring is 1. The molecule has 0 aromatic heterocycles. The Balaban J connectivity index is 2.22. The molecule has 7 heteroatoms. The van der Waals surface area contributed by atoms with E-state index in [9.17, 15) is 13.2 Å². The van der Waals surface area contributed by atoms with Crippen molar-refractivity contribution in [3.63, 3.8) is 0 Å². The van der Waals surface area contributed by atoms with Crippen LogP contribution in [0.4, 0.5) is 5.69 Å². The third-order valence-electron chi connectivity index (χ3n) is 2.75. The second kappa shape index (κ2) is 4.49. The van der Waals surface area contributed by atoms with Crippen LogP contribution in [0, 0.1) is 0 Å². The largest absolute Gasteiger partial charge is 0.488 e. The van der Waals surface area contributed by atoms with Crippen molar-refractivity contribution >= 4 is 21.4 Å². The van der Waals surface area contributed by atoms with E-state index in [1.54, 1.807) is 6.07 Å². The molecule has 0 bridgehead atoms. The van der Waals surface area contributed by atoms with Crippen LogP contribution < -0.4 is 16.2 Å². The molecule has 98 valence electrons. The molecule has 18 heavy (non-hydrogen) atoms. The van der Waals surface area contributed by atoms with E-state index in [1.807, 2.05) is 0 Å². The molecule has 0 aliphatic carbocycles. The first-order chi connectivity index (χ1) is 8.37. The smallest absolute Gasteiger partial charge is 0.252 e. The van der Waals surface area contributed by atoms with E-state index in [4.69, 9.17) is 16.2 Å². The molecule has 1 fully saturated rings. The summed E-state index contributed by atoms with van der Waals surface area (Å²) < 4.78 is 28.1. The van der Waals surface area contributed by atoms with Crippen LogP contribution in [0.25, 0.3) is 0 Å². The average molecular weight is 270 g/mol. The van der Waals surface area contributed by atoms with Gasteiger partial charge in [0, 0.05) is 5.69 Å². The summed E-state index contributed by atoms with van der Waals surface area (Å²) in [5.41, 5.74) is 11.3. The molecule has 4 N–H and O–H groups in total. The Morgan fingerprint density at radius 1 is 1.39 bits per heavy atom. The molecule has 0 spiro atoms. The molecule has 0 saturated carbocycles. The van der Waals surface area contributed by atoms with Gasteiger partial charge in [0.1, 0.15) is 11.9 Å². The summed E-state index contributed by atoms with van der Waals surface area (Å²) in [4.78, 5) is 11.2. The van der Waals surface area contributed by atoms with Gasteiger partial charge in [-0.15, -0.1) is 0 Å². The maximum absolute atomic E-state index is 11.3. The zero-order valence-electron chi connectivity index (χ0n) is 9.63. The molecule has 2 rings (SSSR count). The Bertz CT molecular complexity index is 583. The molecule has 1 heterocycles. The maximum atomic E-state index is 11.3. The lowest BCUT2D eigenvalue weighted by Gasteiger charge is -2.14. The molecule has 1 aromatic rings. The number of anilines is 1. The van der Waals surface area contributed by atoms with Crippen LogP contribution in [-0.4, -0.2) is 31.9 Å². The second-order valence-electron chi connectivity index (χ2n) is 4.26. The van der Waals surface area contributed by atoms with Crippen molar-refractivity contribution in [3.05, 3.63) is 23.8 Å². The number of nitrogens with two attached hydrogens (primary N) is 2. The molecular formula is C11H14N2O4S. The van der Waals surface area contributed by atoms with Gasteiger partial charge in [0.05, 0.1) is 17.1 Å². The van der Waals surface area contributed by atoms with Gasteiger partial charge in [-0.25, -0.2) is 8.42 Å². The summed E-state index contributed by atoms with van der Waals surface area (Å²) in [7, 11) is -3.02. The Hall–Kier alpha value is -1.76. The summed E-state index contributed by atoms with van der Waals surface area (Å²) in [6, 6.07) is 4.52. The third kappa shape index (κ3) is 2.73. The van der Waals surface area contributed by atoms with Gasteiger partial charge in [0.2, 0.25) is 0 Å². The number of primary amides is 1. The van der Waals surface area contributed by atoms with Gasteiger partial charge in [0.15, 0.2) is 9.84 Å². The van der Waals surface area contributed by atoms with E-state index in [2.05, 4.69) is 0 Å². The minimum absolute atomic E-state index is 0.0322. The fraction of sp³-hybridized carbons (Fsp3) is 0.364. The zero-order valence-corrected chi connectivity index (χ0v) is 10.4. The van der Waals surface area contributed by atoms with Gasteiger partial charge in [-0.1, -0.05) is 0 Å². The lowest BCUT2D eigenvalue weighted by Crippen LogP contribution is -2.21. The van der Waals surface area contributed by atoms with Crippen LogP contribution >= 0.6 is 0 Å². The number of hydrogen-bond donors (Lipinski definition) is 2. The van der Waals surface area contributed by atoms with Crippen molar-refractivity contribution in [2.45, 2.75) is 12.5 Å². The van der Waals surface area contributed by atoms with Crippen LogP contribution in [-0.2, 0) is 9.84 Å². The second-order valence-corrected chi connectivity index (χ2v) is 6.49. The Labute approximate surface area is 105 Å². The molecule has 1 saturated heterocycles. The van der Waals surface area contributed by atoms with Gasteiger partial charge < -0.3 is 16.2 Å². The summed E-state index contributed by atoms with van der Waals surface area (Å²) in [6.45, 7) is 0. The normalized spacial score (nSPS) is 21.7. The number of hydrogen-bond acceptors (Lipinski definition) is 5. The summed E-state index contributed by atoms with van der Waals surface area (Å²) in [5.74, 6) is -0.300. The quantitative estimate of drug-likeness (QED) is 0.747. The zero-order chi connectivity index (χ0) is 13.3. The highest BCUT2D eigenvalue weighted by Gasteiger charge is 2.30. The third-order valence-corrected chi connectivity index (χ3v) is 4.49. The monoisotopic (exact) mass is 270 g/mol. The number of sulfone groups is 1. The fourth-order valence-electron chi connectivity index (χ4n) is 1.88. The van der Waals surface area contributed by atoms with Crippen LogP contribution in [0.1, 0.15) is 16.8 Å². The Morgan fingerprint density at radius 3 is 2.67 bits per heavy atom. The van der Waals surface area contributed by atoms with E-state index >= 15 is 0 Å². The van der Waals surface area contributed by atoms with Crippen molar-refractivity contribution < 1.29 is 17.9 Å². The van der Waals surface area contributed by atoms with Crippen molar-refractivity contribution in [2.75, 3.05) is 17.2 Å². The van der Waals surface area contributed by atoms with Gasteiger partial charge in [-0.3, -0.25) is 4.79 Å². The van der Waals surface area contributed by atoms with Gasteiger partial charge in [0.25, 0.3) is 5.91 Å². The molecule has 1 aromatic carbocycles. The molecule has 1 aliphatic heterocycles. The summed E-state index contributed by atoms with van der Waals surface area (Å²) in [6.07, 6.45) is -0.0120. The van der Waals surface area contributed by atoms with E-state index in [0.717, 1.165) is 0 Å². The molecule has 1 amide bonds. The van der Waals surface area contributed by atoms with Crippen molar-refractivity contribution in [3.8, 4) is 5.75 Å². The fourth-order valence-corrected chi connectivity index (χ4v) is 3.47. The van der Waals surface area contributed by atoms with Crippen molar-refractivity contribution in [1.29, 1.82) is 0 Å². The van der Waals surface area contributed by atoms with Gasteiger partial charge in [-0.2, -0.15) is 0 Å². The molecular weight excluding hydrogens is 256 g/mol. The standard InChI is InChI=1S/C11H14N2O4S/c12-7-1-2-10(9(5-7)11(13)14)17-8-3-4-18(15,16)6-8/h1-2,5,8H,3-4,6,12H2,(H2,13,14). The first-order valence-electron chi connectivity index (χ1n) is 5.44. The lowest BCUT2D eigenvalue weighted by atomic mass is 10.1. The predicted octanol–water partition coefficient (Wildman–Crippen LogP) is -0.0664. The number of carbonyl (C=O) groups is 1. The molecule has 1 unspecified atom stereocenters. The van der Waals surface area contributed by atoms with Gasteiger partial charge >= 0.3 is 0 Å². The molecule has 1 atom stereocenters. The number of ether oxygens (including phenoxy) is 1. The minimum Gasteiger partial charge on any atom is -0.488 e. The highest BCUT2D eigenvalue weighted by molar-refractivity contribution is 7.91. The number of benzene rings is 1. The van der Waals surface area contributed by atoms with Crippen LogP contribution in [0.2, 0.25) is 0 Å². The predicted molar refractivity (Wildman–Crippen MR) is 67.1 cm³/mol. The SMILES string of the molecule is NC(=O)c1cc(N)ccc1OC1CCS(=O)(=O)C1. The van der Waals surface area contributed by atoms with Crippen LogP contribution in [0.3, 0.4) is 0 Å². The van der Waals surface area contributed by atoms with Crippen LogP contribution in [0.15, 0.2) is 18.2 Å². The number of rotatable bonds is 3. The highest BCUT2D eigenvalue weighted by atomic mass is 32.2. The first kappa shape index (κ1) is 12.7. The van der Waals surface area contributed by atoms with E-state index in [0.29, 0.717) is 12.1 Å². The van der Waals surface area contributed by atoms with Gasteiger partial charge in [-0.05, 0) is 24.6 Å². The lowest BCUT2D eigenvalue weighted by molar-refractivity contribution is 0.0994. The summed E-state index contributed by atoms with van der Waals surface area (Å²) in [5, 5.41) is 0. The summed E-state index contributed by atoms with van der Waals surface area (Å²) >= 11 is 0. The number of amides is 1. The topological polar surface area (TPSA) is 112 Å². The number of carbonyl (C=O) groups excluding carboxylic acids is 1. The maximum Gasteiger partial charge on any atom is 0.252 e. The minimum atomic E-state index is -3.02. The van der Waals surface area contributed by atoms with Crippen molar-refractivity contribution in [2.24, 2.45) is 5.73 Å². The van der Waals surface area contributed by atoms with E-state index in [-0.39, 0.29) is 22.8 Å². The average Bonchev–Trinajstić information content (AvgIpc) is 2.60. The van der Waals surface area contributed by atoms with Crippen molar-refractivity contribution in [1.82, 2.24) is 0 Å². The highest BCUT2D eigenvalue weighted by Crippen LogP contribution is 2.25. The molecule has 1 aliphatic rings. The molecule has 0 radical (unpaired) electrons. The van der Waals surface area contributed by atoms with Crippen LogP contribution in [0.5, 0.6) is 5.75 Å². The molecule has 6 nitrogen and oxygen atoms in total. The van der Waals surface area contributed by atoms with E-state index < -0.39 is 21.8 Å². The van der Waals surface area contributed by atoms with E-state index in [1.165, 1.54) is 12.1 Å². The Morgan fingerprint density at radius 2 is 2.11 bits per heavy atom.